The first-order chi connectivity index (χ1) is 11.2. The lowest BCUT2D eigenvalue weighted by Gasteiger charge is -2.33. The van der Waals surface area contributed by atoms with E-state index in [1.165, 1.54) is 6.07 Å². The standard InChI is InChI=1S/C17H21N3O3/c1-2-18-9-11-19(12-10-18)17(22)15-7-6-14(23-15)13-20-8-4-3-5-16(20)21/h3-8H,2,9-13H2,1H3. The summed E-state index contributed by atoms with van der Waals surface area (Å²) in [7, 11) is 0. The van der Waals surface area contributed by atoms with Gasteiger partial charge in [0.2, 0.25) is 0 Å². The fourth-order valence-corrected chi connectivity index (χ4v) is 2.76. The van der Waals surface area contributed by atoms with E-state index in [4.69, 9.17) is 4.42 Å². The van der Waals surface area contributed by atoms with Crippen molar-refractivity contribution in [2.75, 3.05) is 32.7 Å². The van der Waals surface area contributed by atoms with E-state index in [2.05, 4.69) is 11.8 Å². The predicted molar refractivity (Wildman–Crippen MR) is 86.5 cm³/mol. The number of hydrogen-bond acceptors (Lipinski definition) is 4. The second-order valence-electron chi connectivity index (χ2n) is 5.66. The van der Waals surface area contributed by atoms with Gasteiger partial charge in [-0.2, -0.15) is 0 Å². The van der Waals surface area contributed by atoms with Gasteiger partial charge in [-0.1, -0.05) is 13.0 Å². The number of nitrogens with zero attached hydrogens (tertiary/aromatic N) is 3. The van der Waals surface area contributed by atoms with Crippen molar-refractivity contribution in [3.63, 3.8) is 0 Å². The quantitative estimate of drug-likeness (QED) is 0.852. The molecule has 2 aromatic heterocycles. The van der Waals surface area contributed by atoms with Gasteiger partial charge in [-0.15, -0.1) is 0 Å². The average Bonchev–Trinajstić information content (AvgIpc) is 3.05. The summed E-state index contributed by atoms with van der Waals surface area (Å²) in [5.74, 6) is 0.871. The Hall–Kier alpha value is -2.34. The minimum absolute atomic E-state index is 0.0765. The molecule has 0 N–H and O–H groups in total. The van der Waals surface area contributed by atoms with E-state index in [1.54, 1.807) is 35.0 Å². The number of carbonyl (C=O) groups excluding carboxylic acids is 1. The monoisotopic (exact) mass is 315 g/mol. The molecule has 0 atom stereocenters. The second-order valence-corrected chi connectivity index (χ2v) is 5.66. The topological polar surface area (TPSA) is 58.7 Å². The van der Waals surface area contributed by atoms with Gasteiger partial charge in [-0.25, -0.2) is 0 Å². The van der Waals surface area contributed by atoms with Crippen molar-refractivity contribution >= 4 is 5.91 Å². The van der Waals surface area contributed by atoms with Crippen LogP contribution in [-0.2, 0) is 6.54 Å². The number of piperazine rings is 1. The molecule has 1 aliphatic heterocycles. The lowest BCUT2D eigenvalue weighted by molar-refractivity contribution is 0.0610. The molecule has 1 amide bonds. The number of hydrogen-bond donors (Lipinski definition) is 0. The largest absolute Gasteiger partial charge is 0.454 e. The van der Waals surface area contributed by atoms with Crippen LogP contribution in [0.5, 0.6) is 0 Å². The highest BCUT2D eigenvalue weighted by Crippen LogP contribution is 2.13. The molecule has 23 heavy (non-hydrogen) atoms. The van der Waals surface area contributed by atoms with Crippen LogP contribution in [0.4, 0.5) is 0 Å². The highest BCUT2D eigenvalue weighted by molar-refractivity contribution is 5.91. The van der Waals surface area contributed by atoms with E-state index >= 15 is 0 Å². The number of carbonyl (C=O) groups is 1. The van der Waals surface area contributed by atoms with E-state index in [-0.39, 0.29) is 11.5 Å². The molecule has 0 radical (unpaired) electrons. The molecule has 6 nitrogen and oxygen atoms in total. The van der Waals surface area contributed by atoms with Crippen LogP contribution in [0, 0.1) is 0 Å². The summed E-state index contributed by atoms with van der Waals surface area (Å²) >= 11 is 0. The maximum Gasteiger partial charge on any atom is 0.289 e. The minimum Gasteiger partial charge on any atom is -0.454 e. The van der Waals surface area contributed by atoms with Crippen LogP contribution in [-0.4, -0.2) is 53.0 Å². The summed E-state index contributed by atoms with van der Waals surface area (Å²) in [5.41, 5.74) is -0.0903. The van der Waals surface area contributed by atoms with E-state index in [0.717, 1.165) is 32.7 Å². The summed E-state index contributed by atoms with van der Waals surface area (Å²) in [6, 6.07) is 8.45. The van der Waals surface area contributed by atoms with Crippen molar-refractivity contribution in [1.82, 2.24) is 14.4 Å². The molecule has 2 aromatic rings. The van der Waals surface area contributed by atoms with E-state index < -0.39 is 0 Å². The molecule has 0 unspecified atom stereocenters. The molecule has 0 aliphatic carbocycles. The maximum absolute atomic E-state index is 12.5. The van der Waals surface area contributed by atoms with Crippen molar-refractivity contribution < 1.29 is 9.21 Å². The van der Waals surface area contributed by atoms with E-state index in [1.807, 2.05) is 4.90 Å². The molecule has 0 saturated carbocycles. The van der Waals surface area contributed by atoms with Gasteiger partial charge >= 0.3 is 0 Å². The fraction of sp³-hybridized carbons (Fsp3) is 0.412. The van der Waals surface area contributed by atoms with Gasteiger partial charge in [0.1, 0.15) is 5.76 Å². The Morgan fingerprint density at radius 1 is 1.13 bits per heavy atom. The normalized spacial score (nSPS) is 15.8. The van der Waals surface area contributed by atoms with Crippen LogP contribution in [0.2, 0.25) is 0 Å². The van der Waals surface area contributed by atoms with Crippen molar-refractivity contribution in [3.05, 3.63) is 58.4 Å². The van der Waals surface area contributed by atoms with Crippen LogP contribution < -0.4 is 5.56 Å². The van der Waals surface area contributed by atoms with Gasteiger partial charge in [-0.05, 0) is 24.7 Å². The molecule has 1 aliphatic rings. The number of rotatable bonds is 4. The Morgan fingerprint density at radius 3 is 2.61 bits per heavy atom. The van der Waals surface area contributed by atoms with Gasteiger partial charge < -0.3 is 18.8 Å². The summed E-state index contributed by atoms with van der Waals surface area (Å²) < 4.78 is 7.19. The number of furan rings is 1. The summed E-state index contributed by atoms with van der Waals surface area (Å²) in [6.45, 7) is 6.71. The Bertz CT molecular complexity index is 726. The Kier molecular flexibility index (Phi) is 4.62. The fourth-order valence-electron chi connectivity index (χ4n) is 2.76. The SMILES string of the molecule is CCN1CCN(C(=O)c2ccc(Cn3ccccc3=O)o2)CC1. The zero-order valence-corrected chi connectivity index (χ0v) is 13.3. The molecule has 0 spiro atoms. The van der Waals surface area contributed by atoms with Gasteiger partial charge in [0.05, 0.1) is 6.54 Å². The Morgan fingerprint density at radius 2 is 1.91 bits per heavy atom. The van der Waals surface area contributed by atoms with E-state index in [0.29, 0.717) is 18.1 Å². The number of amides is 1. The summed E-state index contributed by atoms with van der Waals surface area (Å²) in [5, 5.41) is 0. The van der Waals surface area contributed by atoms with Crippen LogP contribution in [0.15, 0.2) is 45.7 Å². The van der Waals surface area contributed by atoms with Crippen LogP contribution >= 0.6 is 0 Å². The number of likely N-dealkylation sites (N-methyl/N-ethyl adjacent to an activating group) is 1. The van der Waals surface area contributed by atoms with Crippen LogP contribution in [0.3, 0.4) is 0 Å². The summed E-state index contributed by atoms with van der Waals surface area (Å²) in [6.07, 6.45) is 1.70. The first kappa shape index (κ1) is 15.6. The first-order valence-corrected chi connectivity index (χ1v) is 7.93. The number of aromatic nitrogens is 1. The van der Waals surface area contributed by atoms with Gasteiger partial charge in [0, 0.05) is 38.4 Å². The van der Waals surface area contributed by atoms with Gasteiger partial charge in [0.25, 0.3) is 11.5 Å². The van der Waals surface area contributed by atoms with Crippen LogP contribution in [0.25, 0.3) is 0 Å². The Labute approximate surface area is 134 Å². The lowest BCUT2D eigenvalue weighted by atomic mass is 10.3. The molecule has 0 aromatic carbocycles. The molecule has 122 valence electrons. The second kappa shape index (κ2) is 6.83. The molecule has 0 bridgehead atoms. The molecule has 3 heterocycles. The number of pyridine rings is 1. The first-order valence-electron chi connectivity index (χ1n) is 7.93. The van der Waals surface area contributed by atoms with Crippen molar-refractivity contribution in [1.29, 1.82) is 0 Å². The third kappa shape index (κ3) is 3.53. The molecule has 1 saturated heterocycles. The molecule has 3 rings (SSSR count). The highest BCUT2D eigenvalue weighted by Gasteiger charge is 2.23. The van der Waals surface area contributed by atoms with Gasteiger partial charge in [-0.3, -0.25) is 9.59 Å². The van der Waals surface area contributed by atoms with E-state index in [9.17, 15) is 9.59 Å². The maximum atomic E-state index is 12.5. The highest BCUT2D eigenvalue weighted by atomic mass is 16.4. The van der Waals surface area contributed by atoms with Crippen LogP contribution in [0.1, 0.15) is 23.2 Å². The third-order valence-electron chi connectivity index (χ3n) is 4.20. The zero-order valence-electron chi connectivity index (χ0n) is 13.3. The molecular weight excluding hydrogens is 294 g/mol. The smallest absolute Gasteiger partial charge is 0.289 e. The molecular formula is C17H21N3O3. The van der Waals surface area contributed by atoms with Crippen molar-refractivity contribution in [2.24, 2.45) is 0 Å². The molecule has 1 fully saturated rings. The zero-order chi connectivity index (χ0) is 16.2. The third-order valence-corrected chi connectivity index (χ3v) is 4.20. The average molecular weight is 315 g/mol. The molecule has 6 heteroatoms. The van der Waals surface area contributed by atoms with Gasteiger partial charge in [0.15, 0.2) is 5.76 Å². The van der Waals surface area contributed by atoms with Crippen molar-refractivity contribution in [2.45, 2.75) is 13.5 Å². The lowest BCUT2D eigenvalue weighted by Crippen LogP contribution is -2.48. The van der Waals surface area contributed by atoms with Crippen molar-refractivity contribution in [3.8, 4) is 0 Å². The summed E-state index contributed by atoms with van der Waals surface area (Å²) in [4.78, 5) is 28.3. The minimum atomic E-state index is -0.0903. The Balaban J connectivity index is 1.66. The predicted octanol–water partition coefficient (Wildman–Crippen LogP) is 1.27.